The normalized spacial score (nSPS) is 10.9. The van der Waals surface area contributed by atoms with E-state index in [1.165, 1.54) is 0 Å². The molecule has 1 aromatic carbocycles. The summed E-state index contributed by atoms with van der Waals surface area (Å²) >= 11 is 0. The molecule has 132 valence electrons. The lowest BCUT2D eigenvalue weighted by molar-refractivity contribution is 0.268. The first kappa shape index (κ1) is 17.0. The molecule has 0 spiro atoms. The largest absolute Gasteiger partial charge is 0.493 e. The van der Waals surface area contributed by atoms with E-state index in [0.29, 0.717) is 18.0 Å². The molecule has 0 radical (unpaired) electrons. The van der Waals surface area contributed by atoms with Gasteiger partial charge in [-0.2, -0.15) is 5.10 Å². The van der Waals surface area contributed by atoms with Gasteiger partial charge in [-0.25, -0.2) is 4.98 Å². The SMILES string of the molecule is COc1cccc(-c2nccn2-c2c(C)nn(CCO)c2C)c1OC. The van der Waals surface area contributed by atoms with Crippen molar-refractivity contribution in [3.63, 3.8) is 0 Å². The fourth-order valence-electron chi connectivity index (χ4n) is 3.09. The van der Waals surface area contributed by atoms with Crippen molar-refractivity contribution in [1.82, 2.24) is 19.3 Å². The molecule has 2 aromatic heterocycles. The van der Waals surface area contributed by atoms with Crippen LogP contribution in [0.5, 0.6) is 11.5 Å². The predicted octanol–water partition coefficient (Wildman–Crippen LogP) is 2.36. The minimum absolute atomic E-state index is 0.0435. The number of nitrogens with zero attached hydrogens (tertiary/aromatic N) is 4. The fraction of sp³-hybridized carbons (Fsp3) is 0.333. The number of ether oxygens (including phenoxy) is 2. The zero-order valence-electron chi connectivity index (χ0n) is 14.9. The van der Waals surface area contributed by atoms with Crippen LogP contribution in [-0.2, 0) is 6.54 Å². The topological polar surface area (TPSA) is 74.3 Å². The van der Waals surface area contributed by atoms with Gasteiger partial charge in [0.05, 0.1) is 50.0 Å². The second-order valence-corrected chi connectivity index (χ2v) is 5.63. The third kappa shape index (κ3) is 2.87. The maximum absolute atomic E-state index is 9.22. The quantitative estimate of drug-likeness (QED) is 0.744. The number of aliphatic hydroxyl groups excluding tert-OH is 1. The van der Waals surface area contributed by atoms with E-state index in [2.05, 4.69) is 10.1 Å². The van der Waals surface area contributed by atoms with Crippen molar-refractivity contribution in [3.8, 4) is 28.6 Å². The van der Waals surface area contributed by atoms with E-state index in [0.717, 1.165) is 28.5 Å². The molecule has 2 heterocycles. The lowest BCUT2D eigenvalue weighted by Gasteiger charge is -2.14. The van der Waals surface area contributed by atoms with E-state index in [1.807, 2.05) is 42.8 Å². The van der Waals surface area contributed by atoms with E-state index >= 15 is 0 Å². The van der Waals surface area contributed by atoms with Crippen LogP contribution < -0.4 is 9.47 Å². The maximum atomic E-state index is 9.22. The van der Waals surface area contributed by atoms with Crippen molar-refractivity contribution in [2.24, 2.45) is 0 Å². The smallest absolute Gasteiger partial charge is 0.171 e. The van der Waals surface area contributed by atoms with Crippen LogP contribution in [0, 0.1) is 13.8 Å². The Morgan fingerprint density at radius 2 is 1.96 bits per heavy atom. The molecule has 0 saturated heterocycles. The van der Waals surface area contributed by atoms with Crippen LogP contribution in [0.15, 0.2) is 30.6 Å². The second-order valence-electron chi connectivity index (χ2n) is 5.63. The van der Waals surface area contributed by atoms with Crippen LogP contribution in [0.1, 0.15) is 11.4 Å². The molecule has 3 aromatic rings. The van der Waals surface area contributed by atoms with Gasteiger partial charge in [-0.05, 0) is 26.0 Å². The minimum atomic E-state index is 0.0435. The molecular weight excluding hydrogens is 320 g/mol. The summed E-state index contributed by atoms with van der Waals surface area (Å²) in [5.41, 5.74) is 3.62. The molecule has 0 atom stereocenters. The van der Waals surface area contributed by atoms with Gasteiger partial charge in [0, 0.05) is 12.4 Å². The van der Waals surface area contributed by atoms with Crippen LogP contribution in [0.3, 0.4) is 0 Å². The zero-order valence-corrected chi connectivity index (χ0v) is 14.9. The lowest BCUT2D eigenvalue weighted by Crippen LogP contribution is -2.07. The molecule has 0 aliphatic carbocycles. The Bertz CT molecular complexity index is 883. The van der Waals surface area contributed by atoms with Crippen molar-refractivity contribution >= 4 is 0 Å². The summed E-state index contributed by atoms with van der Waals surface area (Å²) in [5, 5.41) is 13.7. The van der Waals surface area contributed by atoms with Gasteiger partial charge in [-0.1, -0.05) is 6.07 Å². The Morgan fingerprint density at radius 1 is 1.16 bits per heavy atom. The number of hydrogen-bond acceptors (Lipinski definition) is 5. The van der Waals surface area contributed by atoms with E-state index in [9.17, 15) is 5.11 Å². The first-order valence-corrected chi connectivity index (χ1v) is 8.02. The molecule has 7 nitrogen and oxygen atoms in total. The summed E-state index contributed by atoms with van der Waals surface area (Å²) < 4.78 is 14.7. The Labute approximate surface area is 146 Å². The number of methoxy groups -OCH3 is 2. The maximum Gasteiger partial charge on any atom is 0.171 e. The summed E-state index contributed by atoms with van der Waals surface area (Å²) in [5.74, 6) is 2.03. The Balaban J connectivity index is 2.18. The highest BCUT2D eigenvalue weighted by atomic mass is 16.5. The first-order chi connectivity index (χ1) is 12.1. The molecule has 1 N–H and O–H groups in total. The average molecular weight is 342 g/mol. The molecular formula is C18H22N4O3. The molecule has 25 heavy (non-hydrogen) atoms. The Morgan fingerprint density at radius 3 is 2.64 bits per heavy atom. The number of imidazole rings is 1. The highest BCUT2D eigenvalue weighted by Crippen LogP contribution is 2.38. The van der Waals surface area contributed by atoms with Crippen LogP contribution in [-0.4, -0.2) is 45.3 Å². The van der Waals surface area contributed by atoms with Gasteiger partial charge in [0.25, 0.3) is 0 Å². The van der Waals surface area contributed by atoms with E-state index in [1.54, 1.807) is 25.1 Å². The minimum Gasteiger partial charge on any atom is -0.493 e. The third-order valence-corrected chi connectivity index (χ3v) is 4.18. The van der Waals surface area contributed by atoms with Gasteiger partial charge >= 0.3 is 0 Å². The molecule has 0 bridgehead atoms. The number of hydrogen-bond donors (Lipinski definition) is 1. The standard InChI is InChI=1S/C18H22N4O3/c1-12-16(13(2)22(20-12)10-11-23)21-9-8-19-18(21)14-6-5-7-15(24-3)17(14)25-4/h5-9,23H,10-11H2,1-4H3. The monoisotopic (exact) mass is 342 g/mol. The Hall–Kier alpha value is -2.80. The number of benzene rings is 1. The van der Waals surface area contributed by atoms with E-state index in [-0.39, 0.29) is 6.61 Å². The molecule has 0 aliphatic rings. The summed E-state index contributed by atoms with van der Waals surface area (Å²) in [6.45, 7) is 4.43. The molecule has 0 aliphatic heterocycles. The lowest BCUT2D eigenvalue weighted by atomic mass is 10.1. The molecule has 0 fully saturated rings. The summed E-state index contributed by atoms with van der Waals surface area (Å²) in [6, 6.07) is 5.71. The molecule has 7 heteroatoms. The predicted molar refractivity (Wildman–Crippen MR) is 94.4 cm³/mol. The number of aromatic nitrogens is 4. The Kier molecular flexibility index (Phi) is 4.76. The van der Waals surface area contributed by atoms with E-state index in [4.69, 9.17) is 9.47 Å². The van der Waals surface area contributed by atoms with Gasteiger partial charge in [0.15, 0.2) is 11.5 Å². The van der Waals surface area contributed by atoms with Crippen LogP contribution in [0.2, 0.25) is 0 Å². The van der Waals surface area contributed by atoms with Crippen LogP contribution >= 0.6 is 0 Å². The van der Waals surface area contributed by atoms with Crippen molar-refractivity contribution in [3.05, 3.63) is 42.0 Å². The third-order valence-electron chi connectivity index (χ3n) is 4.18. The summed E-state index contributed by atoms with van der Waals surface area (Å²) in [6.07, 6.45) is 3.64. The van der Waals surface area contributed by atoms with Gasteiger partial charge in [-0.3, -0.25) is 9.25 Å². The van der Waals surface area contributed by atoms with E-state index < -0.39 is 0 Å². The summed E-state index contributed by atoms with van der Waals surface area (Å²) in [4.78, 5) is 4.53. The van der Waals surface area contributed by atoms with Crippen LogP contribution in [0.25, 0.3) is 17.1 Å². The molecule has 0 amide bonds. The summed E-state index contributed by atoms with van der Waals surface area (Å²) in [7, 11) is 3.23. The number of para-hydroxylation sites is 1. The fourth-order valence-corrected chi connectivity index (χ4v) is 3.09. The number of rotatable bonds is 6. The van der Waals surface area contributed by atoms with Gasteiger partial charge in [0.2, 0.25) is 0 Å². The number of aliphatic hydroxyl groups is 1. The van der Waals surface area contributed by atoms with Gasteiger partial charge in [0.1, 0.15) is 5.82 Å². The molecule has 0 saturated carbocycles. The highest BCUT2D eigenvalue weighted by molar-refractivity contribution is 5.71. The highest BCUT2D eigenvalue weighted by Gasteiger charge is 2.20. The second kappa shape index (κ2) is 6.98. The van der Waals surface area contributed by atoms with Crippen LogP contribution in [0.4, 0.5) is 0 Å². The van der Waals surface area contributed by atoms with Crippen molar-refractivity contribution in [2.45, 2.75) is 20.4 Å². The van der Waals surface area contributed by atoms with Crippen molar-refractivity contribution in [1.29, 1.82) is 0 Å². The zero-order chi connectivity index (χ0) is 18.0. The van der Waals surface area contributed by atoms with Crippen molar-refractivity contribution in [2.75, 3.05) is 20.8 Å². The number of aryl methyl sites for hydroxylation is 1. The molecule has 3 rings (SSSR count). The first-order valence-electron chi connectivity index (χ1n) is 8.02. The molecule has 0 unspecified atom stereocenters. The van der Waals surface area contributed by atoms with Gasteiger partial charge in [-0.15, -0.1) is 0 Å². The van der Waals surface area contributed by atoms with Crippen molar-refractivity contribution < 1.29 is 14.6 Å². The average Bonchev–Trinajstić information content (AvgIpc) is 3.19. The van der Waals surface area contributed by atoms with Gasteiger partial charge < -0.3 is 14.6 Å².